The van der Waals surface area contributed by atoms with Crippen LogP contribution >= 0.6 is 0 Å². The average molecular weight is 330 g/mol. The molecule has 0 aliphatic rings. The molecular weight excluding hydrogens is 300 g/mol. The smallest absolute Gasteiger partial charge is 0.340 e. The van der Waals surface area contributed by atoms with Gasteiger partial charge in [-0.05, 0) is 40.0 Å². The zero-order valence-corrected chi connectivity index (χ0v) is 15.7. The van der Waals surface area contributed by atoms with E-state index in [0.717, 1.165) is 0 Å². The third-order valence-electron chi connectivity index (χ3n) is 3.95. The van der Waals surface area contributed by atoms with Gasteiger partial charge in [-0.3, -0.25) is 9.59 Å². The lowest BCUT2D eigenvalue weighted by molar-refractivity contribution is -0.186. The third-order valence-corrected chi connectivity index (χ3v) is 3.95. The van der Waals surface area contributed by atoms with Crippen LogP contribution < -0.4 is 0 Å². The number of carbonyl (C=O) groups is 3. The van der Waals surface area contributed by atoms with Gasteiger partial charge in [-0.2, -0.15) is 0 Å². The second kappa shape index (κ2) is 7.43. The van der Waals surface area contributed by atoms with Crippen LogP contribution in [0.15, 0.2) is 0 Å². The Bertz CT molecular complexity index is 439. The summed E-state index contributed by atoms with van der Waals surface area (Å²) in [5, 5.41) is 0. The Kier molecular flexibility index (Phi) is 6.96. The number of hydrogen-bond donors (Lipinski definition) is 0. The molecule has 0 aromatic rings. The maximum absolute atomic E-state index is 12.4. The van der Waals surface area contributed by atoms with E-state index in [1.807, 2.05) is 20.8 Å². The van der Waals surface area contributed by atoms with E-state index in [2.05, 4.69) is 0 Å². The second-order valence-electron chi connectivity index (χ2n) is 8.07. The lowest BCUT2D eigenvalue weighted by atomic mass is 9.69. The molecule has 0 aliphatic heterocycles. The lowest BCUT2D eigenvalue weighted by Gasteiger charge is -2.37. The van der Waals surface area contributed by atoms with Crippen LogP contribution in [0.4, 0.5) is 0 Å². The maximum atomic E-state index is 12.4. The van der Waals surface area contributed by atoms with E-state index in [1.165, 1.54) is 7.11 Å². The predicted octanol–water partition coefficient (Wildman–Crippen LogP) is 2.53. The minimum atomic E-state index is -1.36. The number of carbonyl (C=O) groups excluding carboxylic acids is 3. The Morgan fingerprint density at radius 2 is 1.43 bits per heavy atom. The van der Waals surface area contributed by atoms with Crippen molar-refractivity contribution in [2.24, 2.45) is 10.8 Å². The highest BCUT2D eigenvalue weighted by Crippen LogP contribution is 2.39. The van der Waals surface area contributed by atoms with Crippen molar-refractivity contribution in [1.82, 2.24) is 0 Å². The summed E-state index contributed by atoms with van der Waals surface area (Å²) in [4.78, 5) is 35.9. The Morgan fingerprint density at radius 3 is 1.74 bits per heavy atom. The van der Waals surface area contributed by atoms with Gasteiger partial charge >= 0.3 is 11.9 Å². The van der Waals surface area contributed by atoms with Crippen molar-refractivity contribution in [2.45, 2.75) is 73.2 Å². The van der Waals surface area contributed by atoms with Crippen LogP contribution in [-0.4, -0.2) is 43.1 Å². The van der Waals surface area contributed by atoms with Gasteiger partial charge in [0.1, 0.15) is 5.60 Å². The summed E-state index contributed by atoms with van der Waals surface area (Å²) in [6.45, 7) is 14.2. The molecule has 2 atom stereocenters. The van der Waals surface area contributed by atoms with Crippen LogP contribution in [0, 0.1) is 10.8 Å². The average Bonchev–Trinajstić information content (AvgIpc) is 2.34. The fourth-order valence-electron chi connectivity index (χ4n) is 1.46. The van der Waals surface area contributed by atoms with E-state index in [-0.39, 0.29) is 5.41 Å². The molecule has 0 aliphatic carbocycles. The molecule has 0 saturated heterocycles. The second-order valence-corrected chi connectivity index (χ2v) is 8.07. The Labute approximate surface area is 138 Å². The van der Waals surface area contributed by atoms with Crippen molar-refractivity contribution in [2.75, 3.05) is 7.11 Å². The number of ether oxygens (including phenoxy) is 3. The fourth-order valence-corrected chi connectivity index (χ4v) is 1.46. The van der Waals surface area contributed by atoms with Gasteiger partial charge in [0, 0.05) is 7.11 Å². The third kappa shape index (κ3) is 5.94. The van der Waals surface area contributed by atoms with Crippen LogP contribution in [0.2, 0.25) is 0 Å². The molecule has 0 fully saturated rings. The Hall–Kier alpha value is -1.43. The first-order valence-electron chi connectivity index (χ1n) is 7.59. The first-order valence-corrected chi connectivity index (χ1v) is 7.59. The van der Waals surface area contributed by atoms with Gasteiger partial charge in [0.15, 0.2) is 18.5 Å². The lowest BCUT2D eigenvalue weighted by Crippen LogP contribution is -2.47. The molecule has 0 spiro atoms. The normalized spacial score (nSPS) is 15.5. The summed E-state index contributed by atoms with van der Waals surface area (Å²) >= 11 is 0. The number of aldehydes is 1. The van der Waals surface area contributed by atoms with E-state index < -0.39 is 35.2 Å². The van der Waals surface area contributed by atoms with Gasteiger partial charge in [0.2, 0.25) is 0 Å². The van der Waals surface area contributed by atoms with E-state index in [4.69, 9.17) is 14.2 Å². The highest BCUT2D eigenvalue weighted by Gasteiger charge is 2.44. The summed E-state index contributed by atoms with van der Waals surface area (Å²) in [5.74, 6) is -1.33. The molecule has 0 aromatic carbocycles. The fraction of sp³-hybridized carbons (Fsp3) is 0.824. The summed E-state index contributed by atoms with van der Waals surface area (Å²) in [6, 6.07) is 0. The van der Waals surface area contributed by atoms with E-state index in [0.29, 0.717) is 6.29 Å². The number of hydrogen-bond acceptors (Lipinski definition) is 6. The van der Waals surface area contributed by atoms with E-state index >= 15 is 0 Å². The number of esters is 2. The van der Waals surface area contributed by atoms with Crippen LogP contribution in [0.1, 0.15) is 55.4 Å². The molecule has 23 heavy (non-hydrogen) atoms. The predicted molar refractivity (Wildman–Crippen MR) is 85.8 cm³/mol. The number of methoxy groups -OCH3 is 1. The first-order chi connectivity index (χ1) is 10.2. The van der Waals surface area contributed by atoms with E-state index in [9.17, 15) is 14.4 Å². The number of rotatable bonds is 6. The van der Waals surface area contributed by atoms with Gasteiger partial charge in [0.05, 0.1) is 5.41 Å². The molecule has 6 nitrogen and oxygen atoms in total. The van der Waals surface area contributed by atoms with Gasteiger partial charge < -0.3 is 14.2 Å². The molecule has 0 radical (unpaired) electrons. The zero-order chi connectivity index (χ0) is 18.6. The molecule has 0 rings (SSSR count). The SMILES string of the molecule is COC(C(=O)OC(C)(C)C)C(C=O)OC(=O)C(C)(C)C(C)(C)C. The molecule has 0 saturated carbocycles. The van der Waals surface area contributed by atoms with Gasteiger partial charge in [-0.15, -0.1) is 0 Å². The first kappa shape index (κ1) is 21.6. The minimum Gasteiger partial charge on any atom is -0.458 e. The molecule has 0 N–H and O–H groups in total. The van der Waals surface area contributed by atoms with Crippen LogP contribution in [0.3, 0.4) is 0 Å². The van der Waals surface area contributed by atoms with Gasteiger partial charge in [-0.25, -0.2) is 4.79 Å². The standard InChI is InChI=1S/C17H30O6/c1-15(2,3)17(7,8)14(20)22-11(10-18)12(21-9)13(19)23-16(4,5)6/h10-12H,1-9H3. The van der Waals surface area contributed by atoms with E-state index in [1.54, 1.807) is 34.6 Å². The molecule has 6 heteroatoms. The summed E-state index contributed by atoms with van der Waals surface area (Å²) in [6.07, 6.45) is -2.27. The molecule has 0 bridgehead atoms. The summed E-state index contributed by atoms with van der Waals surface area (Å²) in [7, 11) is 1.26. The van der Waals surface area contributed by atoms with Gasteiger partial charge in [-0.1, -0.05) is 20.8 Å². The van der Waals surface area contributed by atoms with Crippen molar-refractivity contribution in [1.29, 1.82) is 0 Å². The highest BCUT2D eigenvalue weighted by atomic mass is 16.6. The topological polar surface area (TPSA) is 78.9 Å². The van der Waals surface area contributed by atoms with Crippen molar-refractivity contribution in [3.63, 3.8) is 0 Å². The molecule has 134 valence electrons. The summed E-state index contributed by atoms with van der Waals surface area (Å²) < 4.78 is 15.5. The van der Waals surface area contributed by atoms with Crippen LogP contribution in [0.25, 0.3) is 0 Å². The van der Waals surface area contributed by atoms with Crippen LogP contribution in [-0.2, 0) is 28.6 Å². The van der Waals surface area contributed by atoms with Crippen molar-refractivity contribution < 1.29 is 28.6 Å². The van der Waals surface area contributed by atoms with Crippen LogP contribution in [0.5, 0.6) is 0 Å². The largest absolute Gasteiger partial charge is 0.458 e. The Balaban J connectivity index is 5.23. The molecule has 0 amide bonds. The Morgan fingerprint density at radius 1 is 0.957 bits per heavy atom. The maximum Gasteiger partial charge on any atom is 0.340 e. The monoisotopic (exact) mass is 330 g/mol. The molecule has 2 unspecified atom stereocenters. The molecule has 0 heterocycles. The minimum absolute atomic E-state index is 0.383. The zero-order valence-electron chi connectivity index (χ0n) is 15.7. The quantitative estimate of drug-likeness (QED) is 0.550. The van der Waals surface area contributed by atoms with Crippen molar-refractivity contribution >= 4 is 18.2 Å². The van der Waals surface area contributed by atoms with Crippen molar-refractivity contribution in [3.8, 4) is 0 Å². The van der Waals surface area contributed by atoms with Gasteiger partial charge in [0.25, 0.3) is 0 Å². The molecular formula is C17H30O6. The molecule has 0 aromatic heterocycles. The van der Waals surface area contributed by atoms with Crippen molar-refractivity contribution in [3.05, 3.63) is 0 Å². The highest BCUT2D eigenvalue weighted by molar-refractivity contribution is 5.84. The summed E-state index contributed by atoms with van der Waals surface area (Å²) in [5.41, 5.74) is -1.97.